The maximum atomic E-state index is 13.6. The summed E-state index contributed by atoms with van der Waals surface area (Å²) in [7, 11) is 0. The molecular weight excluding hydrogens is 285 g/mol. The molecule has 1 aromatic carbocycles. The number of hydrogen-bond donors (Lipinski definition) is 1. The fraction of sp³-hybridized carbons (Fsp3) is 0.167. The normalized spacial score (nSPS) is 10.5. The lowest BCUT2D eigenvalue weighted by atomic mass is 10.1. The summed E-state index contributed by atoms with van der Waals surface area (Å²) < 4.78 is 14.4. The van der Waals surface area contributed by atoms with Crippen LogP contribution in [-0.4, -0.2) is 9.97 Å². The SMILES string of the molecule is Cc1ncc(Cc2cc(Br)ccc2F)c(N)n1. The summed E-state index contributed by atoms with van der Waals surface area (Å²) in [4.78, 5) is 8.12. The molecule has 0 atom stereocenters. The Morgan fingerprint density at radius 1 is 1.35 bits per heavy atom. The molecule has 0 saturated carbocycles. The molecule has 0 radical (unpaired) electrons. The zero-order chi connectivity index (χ0) is 12.4. The van der Waals surface area contributed by atoms with Gasteiger partial charge in [0.1, 0.15) is 17.5 Å². The third-order valence-electron chi connectivity index (χ3n) is 2.41. The summed E-state index contributed by atoms with van der Waals surface area (Å²) in [5.74, 6) is 0.756. The molecule has 0 bridgehead atoms. The van der Waals surface area contributed by atoms with Crippen LogP contribution in [0.5, 0.6) is 0 Å². The van der Waals surface area contributed by atoms with Gasteiger partial charge in [-0.25, -0.2) is 14.4 Å². The quantitative estimate of drug-likeness (QED) is 0.927. The summed E-state index contributed by atoms with van der Waals surface area (Å²) >= 11 is 3.31. The number of halogens is 2. The summed E-state index contributed by atoms with van der Waals surface area (Å²) in [6.07, 6.45) is 2.02. The first-order chi connectivity index (χ1) is 8.06. The van der Waals surface area contributed by atoms with Crippen molar-refractivity contribution < 1.29 is 4.39 Å². The van der Waals surface area contributed by atoms with Crippen LogP contribution in [-0.2, 0) is 6.42 Å². The molecule has 17 heavy (non-hydrogen) atoms. The predicted octanol–water partition coefficient (Wildman–Crippen LogP) is 2.86. The Labute approximate surface area is 107 Å². The van der Waals surface area contributed by atoms with Crippen molar-refractivity contribution in [3.8, 4) is 0 Å². The van der Waals surface area contributed by atoms with Gasteiger partial charge in [-0.3, -0.25) is 0 Å². The molecule has 1 aromatic heterocycles. The molecule has 88 valence electrons. The van der Waals surface area contributed by atoms with Crippen molar-refractivity contribution in [1.82, 2.24) is 9.97 Å². The van der Waals surface area contributed by atoms with Gasteiger partial charge in [0, 0.05) is 22.7 Å². The van der Waals surface area contributed by atoms with Crippen LogP contribution >= 0.6 is 15.9 Å². The van der Waals surface area contributed by atoms with Gasteiger partial charge in [0.2, 0.25) is 0 Å². The van der Waals surface area contributed by atoms with Gasteiger partial charge in [-0.2, -0.15) is 0 Å². The molecule has 0 aliphatic heterocycles. The molecule has 0 unspecified atom stereocenters. The van der Waals surface area contributed by atoms with Crippen LogP contribution in [0.3, 0.4) is 0 Å². The first-order valence-corrected chi connectivity index (χ1v) is 5.87. The minimum Gasteiger partial charge on any atom is -0.383 e. The fourth-order valence-corrected chi connectivity index (χ4v) is 1.94. The molecule has 0 spiro atoms. The molecule has 1 heterocycles. The summed E-state index contributed by atoms with van der Waals surface area (Å²) in [6, 6.07) is 4.81. The Morgan fingerprint density at radius 3 is 2.82 bits per heavy atom. The van der Waals surface area contributed by atoms with Crippen molar-refractivity contribution in [2.45, 2.75) is 13.3 Å². The van der Waals surface area contributed by atoms with E-state index in [4.69, 9.17) is 5.73 Å². The van der Waals surface area contributed by atoms with Gasteiger partial charge >= 0.3 is 0 Å². The summed E-state index contributed by atoms with van der Waals surface area (Å²) in [5, 5.41) is 0. The van der Waals surface area contributed by atoms with Gasteiger partial charge in [0.15, 0.2) is 0 Å². The van der Waals surface area contributed by atoms with Crippen molar-refractivity contribution in [2.24, 2.45) is 0 Å². The van der Waals surface area contributed by atoms with E-state index in [1.54, 1.807) is 25.3 Å². The van der Waals surface area contributed by atoms with Crippen LogP contribution in [0, 0.1) is 12.7 Å². The third kappa shape index (κ3) is 2.79. The topological polar surface area (TPSA) is 51.8 Å². The highest BCUT2D eigenvalue weighted by molar-refractivity contribution is 9.10. The van der Waals surface area contributed by atoms with Crippen LogP contribution < -0.4 is 5.73 Å². The number of nitrogens with two attached hydrogens (primary N) is 1. The lowest BCUT2D eigenvalue weighted by molar-refractivity contribution is 0.613. The molecule has 3 nitrogen and oxygen atoms in total. The second-order valence-corrected chi connectivity index (χ2v) is 4.66. The fourth-order valence-electron chi connectivity index (χ4n) is 1.53. The number of hydrogen-bond acceptors (Lipinski definition) is 3. The van der Waals surface area contributed by atoms with Crippen LogP contribution in [0.4, 0.5) is 10.2 Å². The second kappa shape index (κ2) is 4.79. The molecule has 0 aliphatic carbocycles. The smallest absolute Gasteiger partial charge is 0.130 e. The highest BCUT2D eigenvalue weighted by Gasteiger charge is 2.08. The van der Waals surface area contributed by atoms with Crippen LogP contribution in [0.1, 0.15) is 17.0 Å². The second-order valence-electron chi connectivity index (χ2n) is 3.74. The number of rotatable bonds is 2. The third-order valence-corrected chi connectivity index (χ3v) is 2.90. The van der Waals surface area contributed by atoms with E-state index in [9.17, 15) is 4.39 Å². The van der Waals surface area contributed by atoms with Crippen molar-refractivity contribution in [3.05, 3.63) is 51.6 Å². The van der Waals surface area contributed by atoms with E-state index in [2.05, 4.69) is 25.9 Å². The van der Waals surface area contributed by atoms with Gasteiger partial charge in [-0.1, -0.05) is 15.9 Å². The minimum absolute atomic E-state index is 0.256. The minimum atomic E-state index is -0.256. The highest BCUT2D eigenvalue weighted by Crippen LogP contribution is 2.20. The Balaban J connectivity index is 2.34. The van der Waals surface area contributed by atoms with Crippen molar-refractivity contribution in [1.29, 1.82) is 0 Å². The van der Waals surface area contributed by atoms with Crippen LogP contribution in [0.15, 0.2) is 28.9 Å². The van der Waals surface area contributed by atoms with E-state index in [0.29, 0.717) is 23.6 Å². The summed E-state index contributed by atoms with van der Waals surface area (Å²) in [6.45, 7) is 1.76. The Morgan fingerprint density at radius 2 is 2.12 bits per heavy atom. The number of anilines is 1. The Kier molecular flexibility index (Phi) is 3.38. The molecule has 2 rings (SSSR count). The molecule has 0 saturated heterocycles. The van der Waals surface area contributed by atoms with Gasteiger partial charge in [0.25, 0.3) is 0 Å². The molecule has 5 heteroatoms. The molecule has 0 fully saturated rings. The molecule has 2 N–H and O–H groups in total. The van der Waals surface area contributed by atoms with Crippen molar-refractivity contribution >= 4 is 21.7 Å². The predicted molar refractivity (Wildman–Crippen MR) is 68.1 cm³/mol. The van der Waals surface area contributed by atoms with E-state index in [-0.39, 0.29) is 5.82 Å². The zero-order valence-corrected chi connectivity index (χ0v) is 10.8. The molecule has 0 amide bonds. The van der Waals surface area contributed by atoms with E-state index in [1.165, 1.54) is 6.07 Å². The maximum absolute atomic E-state index is 13.6. The van der Waals surface area contributed by atoms with E-state index < -0.39 is 0 Å². The summed E-state index contributed by atoms with van der Waals surface area (Å²) in [5.41, 5.74) is 7.07. The Hall–Kier alpha value is -1.49. The van der Waals surface area contributed by atoms with Gasteiger partial charge in [-0.15, -0.1) is 0 Å². The number of aryl methyl sites for hydroxylation is 1. The average Bonchev–Trinajstić information content (AvgIpc) is 2.27. The first kappa shape index (κ1) is 12.0. The largest absolute Gasteiger partial charge is 0.383 e. The van der Waals surface area contributed by atoms with Gasteiger partial charge in [-0.05, 0) is 30.7 Å². The van der Waals surface area contributed by atoms with Crippen LogP contribution in [0.2, 0.25) is 0 Å². The van der Waals surface area contributed by atoms with E-state index in [0.717, 1.165) is 10.0 Å². The van der Waals surface area contributed by atoms with Crippen molar-refractivity contribution in [3.63, 3.8) is 0 Å². The molecule has 2 aromatic rings. The monoisotopic (exact) mass is 295 g/mol. The van der Waals surface area contributed by atoms with Gasteiger partial charge < -0.3 is 5.73 Å². The molecule has 0 aliphatic rings. The molecular formula is C12H11BrFN3. The van der Waals surface area contributed by atoms with Crippen molar-refractivity contribution in [2.75, 3.05) is 5.73 Å². The van der Waals surface area contributed by atoms with E-state index in [1.807, 2.05) is 0 Å². The first-order valence-electron chi connectivity index (χ1n) is 5.08. The number of nitrogens with zero attached hydrogens (tertiary/aromatic N) is 2. The average molecular weight is 296 g/mol. The number of aromatic nitrogens is 2. The number of nitrogen functional groups attached to an aromatic ring is 1. The standard InChI is InChI=1S/C12H11BrFN3/c1-7-16-6-9(12(15)17-7)4-8-5-10(13)2-3-11(8)14/h2-3,5-6H,4H2,1H3,(H2,15,16,17). The Bertz CT molecular complexity index is 557. The van der Waals surface area contributed by atoms with Crippen LogP contribution in [0.25, 0.3) is 0 Å². The number of benzene rings is 1. The maximum Gasteiger partial charge on any atom is 0.130 e. The lowest BCUT2D eigenvalue weighted by Crippen LogP contribution is -2.03. The lowest BCUT2D eigenvalue weighted by Gasteiger charge is -2.06. The van der Waals surface area contributed by atoms with Gasteiger partial charge in [0.05, 0.1) is 0 Å². The van der Waals surface area contributed by atoms with E-state index >= 15 is 0 Å². The highest BCUT2D eigenvalue weighted by atomic mass is 79.9. The zero-order valence-electron chi connectivity index (χ0n) is 9.24.